The maximum absolute atomic E-state index is 13.7. The zero-order valence-electron chi connectivity index (χ0n) is 9.21. The van der Waals surface area contributed by atoms with Crippen molar-refractivity contribution in [1.29, 1.82) is 0 Å². The van der Waals surface area contributed by atoms with Gasteiger partial charge in [-0.1, -0.05) is 0 Å². The van der Waals surface area contributed by atoms with Gasteiger partial charge >= 0.3 is 0 Å². The second-order valence-corrected chi connectivity index (χ2v) is 7.07. The van der Waals surface area contributed by atoms with Gasteiger partial charge in [0.25, 0.3) is 0 Å². The number of benzene rings is 1. The Kier molecular flexibility index (Phi) is 3.47. The number of halogens is 2. The molecule has 0 aliphatic carbocycles. The lowest BCUT2D eigenvalue weighted by atomic mass is 9.96. The van der Waals surface area contributed by atoms with Gasteiger partial charge in [-0.05, 0) is 47.5 Å². The molecule has 0 atom stereocenters. The van der Waals surface area contributed by atoms with Gasteiger partial charge in [0.1, 0.15) is 10.7 Å². The molecule has 1 aromatic carbocycles. The fourth-order valence-corrected chi connectivity index (χ4v) is 3.43. The second-order valence-electron chi connectivity index (χ2n) is 4.26. The Bertz CT molecular complexity index is 497. The van der Waals surface area contributed by atoms with Crippen LogP contribution < -0.4 is 5.73 Å². The van der Waals surface area contributed by atoms with E-state index in [4.69, 9.17) is 5.73 Å². The standard InChI is InChI=1S/C10H13BrFNO2S/c1-10(2,13)6-4-7(11)9(8(12)5-6)16(3,14)15/h4-5H,13H2,1-3H3. The zero-order chi connectivity index (χ0) is 12.7. The van der Waals surface area contributed by atoms with Crippen molar-refractivity contribution in [2.24, 2.45) is 5.73 Å². The summed E-state index contributed by atoms with van der Waals surface area (Å²) in [5.41, 5.74) is 5.63. The van der Waals surface area contributed by atoms with Gasteiger partial charge in [-0.3, -0.25) is 0 Å². The third-order valence-electron chi connectivity index (χ3n) is 2.11. The summed E-state index contributed by atoms with van der Waals surface area (Å²) in [7, 11) is -3.59. The van der Waals surface area contributed by atoms with E-state index < -0.39 is 21.2 Å². The average molecular weight is 310 g/mol. The van der Waals surface area contributed by atoms with Crippen LogP contribution >= 0.6 is 15.9 Å². The van der Waals surface area contributed by atoms with E-state index >= 15 is 0 Å². The van der Waals surface area contributed by atoms with Gasteiger partial charge in [0.15, 0.2) is 9.84 Å². The van der Waals surface area contributed by atoms with Gasteiger partial charge in [-0.2, -0.15) is 0 Å². The van der Waals surface area contributed by atoms with Crippen molar-refractivity contribution in [3.05, 3.63) is 28.0 Å². The summed E-state index contributed by atoms with van der Waals surface area (Å²) in [6, 6.07) is 2.68. The monoisotopic (exact) mass is 309 g/mol. The quantitative estimate of drug-likeness (QED) is 0.911. The smallest absolute Gasteiger partial charge is 0.179 e. The van der Waals surface area contributed by atoms with Crippen molar-refractivity contribution in [1.82, 2.24) is 0 Å². The van der Waals surface area contributed by atoms with E-state index in [-0.39, 0.29) is 9.37 Å². The minimum atomic E-state index is -3.59. The summed E-state index contributed by atoms with van der Waals surface area (Å²) in [6.45, 7) is 3.43. The molecule has 0 bridgehead atoms. The minimum Gasteiger partial charge on any atom is -0.322 e. The molecular weight excluding hydrogens is 297 g/mol. The van der Waals surface area contributed by atoms with E-state index in [0.717, 1.165) is 12.3 Å². The molecule has 1 rings (SSSR count). The van der Waals surface area contributed by atoms with Crippen molar-refractivity contribution < 1.29 is 12.8 Å². The molecule has 90 valence electrons. The summed E-state index contributed by atoms with van der Waals surface area (Å²) in [4.78, 5) is -0.333. The van der Waals surface area contributed by atoms with Crippen molar-refractivity contribution in [2.45, 2.75) is 24.3 Å². The first-order valence-electron chi connectivity index (χ1n) is 4.52. The molecule has 0 amide bonds. The Morgan fingerprint density at radius 2 is 1.88 bits per heavy atom. The Hall–Kier alpha value is -0.460. The first-order chi connectivity index (χ1) is 7.03. The fourth-order valence-electron chi connectivity index (χ4n) is 1.29. The molecule has 0 spiro atoms. The Morgan fingerprint density at radius 3 is 2.19 bits per heavy atom. The van der Waals surface area contributed by atoms with Crippen molar-refractivity contribution in [3.8, 4) is 0 Å². The molecule has 0 aliphatic heterocycles. The van der Waals surface area contributed by atoms with E-state index in [1.165, 1.54) is 6.07 Å². The highest BCUT2D eigenvalue weighted by molar-refractivity contribution is 9.10. The summed E-state index contributed by atoms with van der Waals surface area (Å²) >= 11 is 3.05. The molecule has 0 unspecified atom stereocenters. The molecule has 0 fully saturated rings. The number of hydrogen-bond acceptors (Lipinski definition) is 3. The van der Waals surface area contributed by atoms with Crippen LogP contribution in [-0.2, 0) is 15.4 Å². The molecule has 3 nitrogen and oxygen atoms in total. The highest BCUT2D eigenvalue weighted by Gasteiger charge is 2.23. The number of nitrogens with two attached hydrogens (primary N) is 1. The topological polar surface area (TPSA) is 60.2 Å². The SMILES string of the molecule is CC(C)(N)c1cc(F)c(S(C)(=O)=O)c(Br)c1. The third kappa shape index (κ3) is 2.81. The highest BCUT2D eigenvalue weighted by atomic mass is 79.9. The first-order valence-corrected chi connectivity index (χ1v) is 7.20. The Balaban J connectivity index is 3.53. The largest absolute Gasteiger partial charge is 0.322 e. The lowest BCUT2D eigenvalue weighted by Gasteiger charge is -2.20. The molecule has 0 radical (unpaired) electrons. The maximum Gasteiger partial charge on any atom is 0.179 e. The van der Waals surface area contributed by atoms with Crippen molar-refractivity contribution >= 4 is 25.8 Å². The minimum absolute atomic E-state index is 0.198. The van der Waals surface area contributed by atoms with Crippen LogP contribution in [0.4, 0.5) is 4.39 Å². The molecule has 6 heteroatoms. The molecule has 0 saturated heterocycles. The molecule has 0 aliphatic rings. The van der Waals surface area contributed by atoms with Crippen molar-refractivity contribution in [3.63, 3.8) is 0 Å². The summed E-state index contributed by atoms with van der Waals surface area (Å²) in [5.74, 6) is -0.787. The van der Waals surface area contributed by atoms with Crippen LogP contribution in [0.2, 0.25) is 0 Å². The van der Waals surface area contributed by atoms with Crippen LogP contribution in [0.15, 0.2) is 21.5 Å². The normalized spacial score (nSPS) is 12.9. The maximum atomic E-state index is 13.7. The number of sulfone groups is 1. The van der Waals surface area contributed by atoms with Crippen LogP contribution in [0, 0.1) is 5.82 Å². The van der Waals surface area contributed by atoms with Crippen LogP contribution in [0.1, 0.15) is 19.4 Å². The predicted molar refractivity (Wildman–Crippen MR) is 64.4 cm³/mol. The highest BCUT2D eigenvalue weighted by Crippen LogP contribution is 2.30. The summed E-state index contributed by atoms with van der Waals surface area (Å²) < 4.78 is 36.5. The van der Waals surface area contributed by atoms with Crippen LogP contribution in [0.5, 0.6) is 0 Å². The van der Waals surface area contributed by atoms with E-state index in [9.17, 15) is 12.8 Å². The fraction of sp³-hybridized carbons (Fsp3) is 0.400. The van der Waals surface area contributed by atoms with Crippen molar-refractivity contribution in [2.75, 3.05) is 6.26 Å². The number of rotatable bonds is 2. The van der Waals surface area contributed by atoms with Gasteiger partial charge in [-0.15, -0.1) is 0 Å². The summed E-state index contributed by atoms with van der Waals surface area (Å²) in [6.07, 6.45) is 0.962. The molecule has 0 heterocycles. The van der Waals surface area contributed by atoms with E-state index in [0.29, 0.717) is 5.56 Å². The van der Waals surface area contributed by atoms with E-state index in [1.807, 2.05) is 0 Å². The Morgan fingerprint density at radius 1 is 1.38 bits per heavy atom. The van der Waals surface area contributed by atoms with Gasteiger partial charge in [-0.25, -0.2) is 12.8 Å². The zero-order valence-corrected chi connectivity index (χ0v) is 11.6. The molecule has 1 aromatic rings. The van der Waals surface area contributed by atoms with Gasteiger partial charge in [0.05, 0.1) is 0 Å². The third-order valence-corrected chi connectivity index (χ3v) is 4.16. The average Bonchev–Trinajstić information content (AvgIpc) is 1.97. The number of hydrogen-bond donors (Lipinski definition) is 1. The first kappa shape index (κ1) is 13.6. The molecule has 0 aromatic heterocycles. The lowest BCUT2D eigenvalue weighted by Crippen LogP contribution is -2.29. The molecule has 16 heavy (non-hydrogen) atoms. The van der Waals surface area contributed by atoms with Crippen LogP contribution in [0.25, 0.3) is 0 Å². The molecule has 0 saturated carbocycles. The Labute approximate surface area is 103 Å². The lowest BCUT2D eigenvalue weighted by molar-refractivity contribution is 0.531. The van der Waals surface area contributed by atoms with Crippen LogP contribution in [-0.4, -0.2) is 14.7 Å². The summed E-state index contributed by atoms with van der Waals surface area (Å²) in [5, 5.41) is 0. The molecular formula is C10H13BrFNO2S. The predicted octanol–water partition coefficient (Wildman–Crippen LogP) is 2.19. The van der Waals surface area contributed by atoms with E-state index in [1.54, 1.807) is 13.8 Å². The van der Waals surface area contributed by atoms with Gasteiger partial charge in [0.2, 0.25) is 0 Å². The van der Waals surface area contributed by atoms with Gasteiger partial charge in [0, 0.05) is 16.3 Å². The van der Waals surface area contributed by atoms with E-state index in [2.05, 4.69) is 15.9 Å². The van der Waals surface area contributed by atoms with Crippen LogP contribution in [0.3, 0.4) is 0 Å². The van der Waals surface area contributed by atoms with Gasteiger partial charge < -0.3 is 5.73 Å². The molecule has 2 N–H and O–H groups in total. The second kappa shape index (κ2) is 4.09.